The Hall–Kier alpha value is -4.14. The molecule has 3 rings (SSSR count). The fourth-order valence-corrected chi connectivity index (χ4v) is 3.77. The molecular formula is C24H21F6N3O6. The smallest absolute Gasteiger partial charge is 0.305 e. The Morgan fingerprint density at radius 1 is 0.949 bits per heavy atom. The van der Waals surface area contributed by atoms with Gasteiger partial charge in [-0.3, -0.25) is 24.1 Å². The molecule has 2 aromatic carbocycles. The second-order valence-electron chi connectivity index (χ2n) is 8.57. The van der Waals surface area contributed by atoms with Gasteiger partial charge < -0.3 is 20.1 Å². The van der Waals surface area contributed by atoms with E-state index in [1.54, 1.807) is 0 Å². The van der Waals surface area contributed by atoms with Gasteiger partial charge in [0.15, 0.2) is 23.2 Å². The Kier molecular flexibility index (Phi) is 9.51. The van der Waals surface area contributed by atoms with Crippen molar-refractivity contribution in [2.45, 2.75) is 19.0 Å². The standard InChI is InChI=1S/C24H21F6N3O6/c25-13-3-12(4-14(26)5-13)8-33-2-1-32(10-20(33)36)9-19(35)31-17(7-21(37)38)18(34)11-39-24-22(29)15(27)6-16(28)23(24)30/h3-6,17H,1-2,7-11H2,(H,31,35)(H,37,38). The van der Waals surface area contributed by atoms with E-state index in [9.17, 15) is 45.5 Å². The molecule has 2 aromatic rings. The number of carbonyl (C=O) groups is 4. The molecule has 15 heteroatoms. The number of rotatable bonds is 11. The van der Waals surface area contributed by atoms with Gasteiger partial charge in [-0.2, -0.15) is 8.78 Å². The quantitative estimate of drug-likeness (QED) is 0.318. The first-order valence-electron chi connectivity index (χ1n) is 11.3. The topological polar surface area (TPSA) is 116 Å². The fourth-order valence-electron chi connectivity index (χ4n) is 3.77. The van der Waals surface area contributed by atoms with Crippen LogP contribution in [-0.2, 0) is 25.7 Å². The summed E-state index contributed by atoms with van der Waals surface area (Å²) in [5.41, 5.74) is 0.227. The molecule has 1 aliphatic rings. The van der Waals surface area contributed by atoms with Gasteiger partial charge in [0.1, 0.15) is 24.3 Å². The Balaban J connectivity index is 1.56. The number of amides is 2. The van der Waals surface area contributed by atoms with E-state index in [0.717, 1.165) is 12.1 Å². The van der Waals surface area contributed by atoms with Crippen molar-refractivity contribution in [2.75, 3.05) is 32.8 Å². The Morgan fingerprint density at radius 3 is 2.13 bits per heavy atom. The number of hydrogen-bond donors (Lipinski definition) is 2. The van der Waals surface area contributed by atoms with E-state index < -0.39 is 89.8 Å². The van der Waals surface area contributed by atoms with Crippen molar-refractivity contribution < 1.29 is 55.4 Å². The zero-order valence-electron chi connectivity index (χ0n) is 20.0. The van der Waals surface area contributed by atoms with Gasteiger partial charge >= 0.3 is 5.97 Å². The van der Waals surface area contributed by atoms with Crippen LogP contribution in [0.4, 0.5) is 26.3 Å². The Morgan fingerprint density at radius 2 is 1.56 bits per heavy atom. The minimum absolute atomic E-state index is 0.0703. The highest BCUT2D eigenvalue weighted by Gasteiger charge is 2.29. The highest BCUT2D eigenvalue weighted by atomic mass is 19.2. The third-order valence-electron chi connectivity index (χ3n) is 5.59. The normalized spacial score (nSPS) is 14.7. The average molecular weight is 561 g/mol. The zero-order valence-corrected chi connectivity index (χ0v) is 20.0. The lowest BCUT2D eigenvalue weighted by atomic mass is 10.1. The van der Waals surface area contributed by atoms with E-state index in [1.165, 1.54) is 9.80 Å². The van der Waals surface area contributed by atoms with Crippen molar-refractivity contribution in [3.8, 4) is 5.75 Å². The van der Waals surface area contributed by atoms with E-state index in [1.807, 2.05) is 0 Å². The second kappa shape index (κ2) is 12.6. The average Bonchev–Trinajstić information content (AvgIpc) is 2.83. The van der Waals surface area contributed by atoms with Gasteiger partial charge in [0.05, 0.1) is 19.5 Å². The van der Waals surface area contributed by atoms with Crippen LogP contribution in [0.2, 0.25) is 0 Å². The molecule has 0 bridgehead atoms. The Bertz CT molecular complexity index is 1250. The fraction of sp³-hybridized carbons (Fsp3) is 0.333. The van der Waals surface area contributed by atoms with E-state index in [0.29, 0.717) is 6.07 Å². The number of Topliss-reactive ketones (excluding diaryl/α,β-unsaturated/α-hetero) is 1. The van der Waals surface area contributed by atoms with Crippen molar-refractivity contribution in [3.63, 3.8) is 0 Å². The van der Waals surface area contributed by atoms with Crippen LogP contribution in [0.1, 0.15) is 12.0 Å². The molecule has 1 heterocycles. The number of ether oxygens (including phenoxy) is 1. The van der Waals surface area contributed by atoms with E-state index in [2.05, 4.69) is 10.1 Å². The molecule has 1 saturated heterocycles. The maximum Gasteiger partial charge on any atom is 0.305 e. The lowest BCUT2D eigenvalue weighted by molar-refractivity contribution is -0.140. The maximum absolute atomic E-state index is 13.7. The van der Waals surface area contributed by atoms with Crippen LogP contribution >= 0.6 is 0 Å². The van der Waals surface area contributed by atoms with Crippen molar-refractivity contribution in [2.24, 2.45) is 0 Å². The highest BCUT2D eigenvalue weighted by molar-refractivity contribution is 5.93. The summed E-state index contributed by atoms with van der Waals surface area (Å²) < 4.78 is 85.5. The van der Waals surface area contributed by atoms with E-state index in [4.69, 9.17) is 5.11 Å². The number of aliphatic carboxylic acids is 1. The summed E-state index contributed by atoms with van der Waals surface area (Å²) >= 11 is 0. The summed E-state index contributed by atoms with van der Waals surface area (Å²) in [5, 5.41) is 11.2. The number of nitrogens with one attached hydrogen (secondary N) is 1. The monoisotopic (exact) mass is 561 g/mol. The van der Waals surface area contributed by atoms with Gasteiger partial charge in [-0.1, -0.05) is 0 Å². The maximum atomic E-state index is 13.7. The lowest BCUT2D eigenvalue weighted by Gasteiger charge is -2.34. The molecule has 1 unspecified atom stereocenters. The van der Waals surface area contributed by atoms with E-state index in [-0.39, 0.29) is 37.8 Å². The summed E-state index contributed by atoms with van der Waals surface area (Å²) in [6, 6.07) is 1.03. The number of ketones is 1. The first kappa shape index (κ1) is 29.4. The third kappa shape index (κ3) is 7.92. The molecule has 1 atom stereocenters. The number of carboxylic acid groups (broad SMARTS) is 1. The van der Waals surface area contributed by atoms with Crippen LogP contribution in [0.15, 0.2) is 24.3 Å². The summed E-state index contributed by atoms with van der Waals surface area (Å²) in [5.74, 6) is -14.6. The lowest BCUT2D eigenvalue weighted by Crippen LogP contribution is -2.54. The number of halogens is 6. The van der Waals surface area contributed by atoms with Crippen LogP contribution in [0.3, 0.4) is 0 Å². The Labute approximate surface area is 216 Å². The third-order valence-corrected chi connectivity index (χ3v) is 5.59. The highest BCUT2D eigenvalue weighted by Crippen LogP contribution is 2.26. The molecule has 1 aliphatic heterocycles. The number of benzene rings is 2. The van der Waals surface area contributed by atoms with Crippen LogP contribution in [-0.4, -0.2) is 77.3 Å². The molecule has 1 fully saturated rings. The predicted molar refractivity (Wildman–Crippen MR) is 119 cm³/mol. The molecule has 0 radical (unpaired) electrons. The molecule has 210 valence electrons. The molecule has 0 saturated carbocycles. The van der Waals surface area contributed by atoms with Crippen LogP contribution in [0, 0.1) is 34.9 Å². The molecule has 0 aromatic heterocycles. The number of nitrogens with zero attached hydrogens (tertiary/aromatic N) is 2. The van der Waals surface area contributed by atoms with Gasteiger partial charge in [-0.15, -0.1) is 0 Å². The summed E-state index contributed by atoms with van der Waals surface area (Å²) in [6.07, 6.45) is -0.951. The number of piperazine rings is 1. The van der Waals surface area contributed by atoms with Gasteiger partial charge in [0.25, 0.3) is 0 Å². The van der Waals surface area contributed by atoms with Crippen molar-refractivity contribution in [1.82, 2.24) is 15.1 Å². The number of hydrogen-bond acceptors (Lipinski definition) is 6. The zero-order chi connectivity index (χ0) is 28.9. The molecule has 0 aliphatic carbocycles. The molecule has 2 N–H and O–H groups in total. The first-order valence-corrected chi connectivity index (χ1v) is 11.3. The predicted octanol–water partition coefficient (Wildman–Crippen LogP) is 1.77. The summed E-state index contributed by atoms with van der Waals surface area (Å²) in [7, 11) is 0. The first-order chi connectivity index (χ1) is 18.3. The van der Waals surface area contributed by atoms with Gasteiger partial charge in [0.2, 0.25) is 23.4 Å². The van der Waals surface area contributed by atoms with Crippen molar-refractivity contribution in [3.05, 3.63) is 64.7 Å². The van der Waals surface area contributed by atoms with Crippen molar-refractivity contribution in [1.29, 1.82) is 0 Å². The summed E-state index contributed by atoms with van der Waals surface area (Å²) in [4.78, 5) is 51.2. The molecule has 2 amide bonds. The minimum atomic E-state index is -1.91. The minimum Gasteiger partial charge on any atom is -0.481 e. The second-order valence-corrected chi connectivity index (χ2v) is 8.57. The molecule has 9 nitrogen and oxygen atoms in total. The summed E-state index contributed by atoms with van der Waals surface area (Å²) in [6.45, 7) is -1.77. The van der Waals surface area contributed by atoms with Gasteiger partial charge in [0, 0.05) is 31.8 Å². The van der Waals surface area contributed by atoms with Gasteiger partial charge in [-0.05, 0) is 17.7 Å². The van der Waals surface area contributed by atoms with Crippen LogP contribution in [0.25, 0.3) is 0 Å². The van der Waals surface area contributed by atoms with Crippen LogP contribution < -0.4 is 10.1 Å². The SMILES string of the molecule is O=C(O)CC(NC(=O)CN1CCN(Cc2cc(F)cc(F)c2)C(=O)C1)C(=O)COc1c(F)c(F)cc(F)c1F. The molecule has 39 heavy (non-hydrogen) atoms. The van der Waals surface area contributed by atoms with Crippen LogP contribution in [0.5, 0.6) is 5.75 Å². The molecule has 0 spiro atoms. The van der Waals surface area contributed by atoms with E-state index >= 15 is 0 Å². The molecular weight excluding hydrogens is 540 g/mol. The number of carboxylic acids is 1. The largest absolute Gasteiger partial charge is 0.481 e. The van der Waals surface area contributed by atoms with Gasteiger partial charge in [-0.25, -0.2) is 17.6 Å². The number of carbonyl (C=O) groups excluding carboxylic acids is 3. The van der Waals surface area contributed by atoms with Crippen molar-refractivity contribution >= 4 is 23.6 Å².